The van der Waals surface area contributed by atoms with Crippen LogP contribution in [0.25, 0.3) is 0 Å². The molecule has 0 atom stereocenters. The van der Waals surface area contributed by atoms with Crippen LogP contribution in [-0.2, 0) is 16.6 Å². The van der Waals surface area contributed by atoms with E-state index in [1.165, 1.54) is 13.2 Å². The van der Waals surface area contributed by atoms with E-state index < -0.39 is 39.9 Å². The smallest absolute Gasteiger partial charge is 0.251 e. The zero-order chi connectivity index (χ0) is 19.2. The minimum atomic E-state index is -3.82. The highest BCUT2D eigenvalue weighted by Gasteiger charge is 2.15. The van der Waals surface area contributed by atoms with Crippen molar-refractivity contribution in [3.63, 3.8) is 0 Å². The number of methoxy groups -OCH3 is 1. The van der Waals surface area contributed by atoms with Crippen LogP contribution in [0.2, 0.25) is 0 Å². The van der Waals surface area contributed by atoms with Gasteiger partial charge < -0.3 is 10.1 Å². The van der Waals surface area contributed by atoms with Crippen LogP contribution in [0.1, 0.15) is 15.9 Å². The fourth-order valence-electron chi connectivity index (χ4n) is 2.10. The van der Waals surface area contributed by atoms with Crippen molar-refractivity contribution in [2.24, 2.45) is 0 Å². The first-order valence-electron chi connectivity index (χ1n) is 7.65. The number of carbonyl (C=O) groups excluding carboxylic acids is 1. The lowest BCUT2D eigenvalue weighted by Crippen LogP contribution is -2.34. The van der Waals surface area contributed by atoms with Crippen LogP contribution in [0.3, 0.4) is 0 Å². The third kappa shape index (κ3) is 5.50. The Morgan fingerprint density at radius 1 is 1.08 bits per heavy atom. The molecule has 2 rings (SSSR count). The maximum Gasteiger partial charge on any atom is 0.251 e. The molecule has 0 aliphatic carbocycles. The number of nitrogens with one attached hydrogen (secondary N) is 2. The lowest BCUT2D eigenvalue weighted by Gasteiger charge is -2.09. The molecule has 26 heavy (non-hydrogen) atoms. The summed E-state index contributed by atoms with van der Waals surface area (Å²) >= 11 is 0. The van der Waals surface area contributed by atoms with Gasteiger partial charge in [0.25, 0.3) is 5.91 Å². The number of ether oxygens (including phenoxy) is 1. The van der Waals surface area contributed by atoms with Gasteiger partial charge in [0, 0.05) is 24.2 Å². The van der Waals surface area contributed by atoms with E-state index in [1.807, 2.05) is 0 Å². The van der Waals surface area contributed by atoms with Crippen molar-refractivity contribution in [2.45, 2.75) is 6.54 Å². The Balaban J connectivity index is 1.84. The van der Waals surface area contributed by atoms with Gasteiger partial charge in [0.1, 0.15) is 17.4 Å². The van der Waals surface area contributed by atoms with E-state index in [-0.39, 0.29) is 12.1 Å². The maximum absolute atomic E-state index is 13.5. The van der Waals surface area contributed by atoms with Gasteiger partial charge in [0.15, 0.2) is 0 Å². The molecule has 0 radical (unpaired) electrons. The standard InChI is InChI=1S/C17H18F2N2O4S/c1-25-13-7-5-12(6-8-13)17(22)20-9-10-26(23,24)21-11-14-15(18)3-2-4-16(14)19/h2-8,21H,9-11H2,1H3,(H,20,22). The number of carbonyl (C=O) groups is 1. The van der Waals surface area contributed by atoms with Crippen molar-refractivity contribution >= 4 is 15.9 Å². The van der Waals surface area contributed by atoms with Crippen molar-refractivity contribution in [3.05, 3.63) is 65.2 Å². The normalized spacial score (nSPS) is 11.2. The SMILES string of the molecule is COc1ccc(C(=O)NCCS(=O)(=O)NCc2c(F)cccc2F)cc1. The minimum Gasteiger partial charge on any atom is -0.497 e. The number of hydrogen-bond donors (Lipinski definition) is 2. The van der Waals surface area contributed by atoms with Crippen molar-refractivity contribution in [1.29, 1.82) is 0 Å². The molecular formula is C17H18F2N2O4S. The summed E-state index contributed by atoms with van der Waals surface area (Å²) in [5.74, 6) is -1.94. The second kappa shape index (κ2) is 8.72. The lowest BCUT2D eigenvalue weighted by molar-refractivity contribution is 0.0956. The average Bonchev–Trinajstić information content (AvgIpc) is 2.61. The van der Waals surface area contributed by atoms with Crippen molar-refractivity contribution in [1.82, 2.24) is 10.0 Å². The highest BCUT2D eigenvalue weighted by molar-refractivity contribution is 7.89. The second-order valence-electron chi connectivity index (χ2n) is 5.32. The summed E-state index contributed by atoms with van der Waals surface area (Å²) in [6.45, 7) is -0.660. The van der Waals surface area contributed by atoms with E-state index in [0.717, 1.165) is 12.1 Å². The van der Waals surface area contributed by atoms with Crippen LogP contribution >= 0.6 is 0 Å². The number of sulfonamides is 1. The van der Waals surface area contributed by atoms with Crippen LogP contribution in [0.4, 0.5) is 8.78 Å². The van der Waals surface area contributed by atoms with Crippen LogP contribution in [-0.4, -0.2) is 33.7 Å². The maximum atomic E-state index is 13.5. The molecule has 0 bridgehead atoms. The minimum absolute atomic E-state index is 0.153. The lowest BCUT2D eigenvalue weighted by atomic mass is 10.2. The Morgan fingerprint density at radius 2 is 1.69 bits per heavy atom. The van der Waals surface area contributed by atoms with Gasteiger partial charge >= 0.3 is 0 Å². The first kappa shape index (κ1) is 19.8. The van der Waals surface area contributed by atoms with E-state index in [9.17, 15) is 22.0 Å². The van der Waals surface area contributed by atoms with E-state index in [0.29, 0.717) is 11.3 Å². The molecule has 0 fully saturated rings. The fraction of sp³-hybridized carbons (Fsp3) is 0.235. The molecule has 0 unspecified atom stereocenters. The van der Waals surface area contributed by atoms with Gasteiger partial charge in [-0.15, -0.1) is 0 Å². The summed E-state index contributed by atoms with van der Waals surface area (Å²) in [6.07, 6.45) is 0. The summed E-state index contributed by atoms with van der Waals surface area (Å²) in [6, 6.07) is 9.58. The third-order valence-electron chi connectivity index (χ3n) is 3.54. The molecule has 6 nitrogen and oxygen atoms in total. The molecule has 0 aliphatic rings. The number of hydrogen-bond acceptors (Lipinski definition) is 4. The molecule has 0 aliphatic heterocycles. The van der Waals surface area contributed by atoms with E-state index in [1.54, 1.807) is 24.3 Å². The predicted octanol–water partition coefficient (Wildman–Crippen LogP) is 1.82. The van der Waals surface area contributed by atoms with Gasteiger partial charge in [-0.1, -0.05) is 6.07 Å². The molecule has 2 aromatic rings. The van der Waals surface area contributed by atoms with Crippen molar-refractivity contribution in [3.8, 4) is 5.75 Å². The quantitative estimate of drug-likeness (QED) is 0.727. The highest BCUT2D eigenvalue weighted by atomic mass is 32.2. The molecular weight excluding hydrogens is 366 g/mol. The predicted molar refractivity (Wildman–Crippen MR) is 92.3 cm³/mol. The monoisotopic (exact) mass is 384 g/mol. The molecule has 0 saturated heterocycles. The highest BCUT2D eigenvalue weighted by Crippen LogP contribution is 2.12. The van der Waals surface area contributed by atoms with Crippen LogP contribution in [0.15, 0.2) is 42.5 Å². The third-order valence-corrected chi connectivity index (χ3v) is 4.86. The van der Waals surface area contributed by atoms with Gasteiger partial charge in [-0.05, 0) is 36.4 Å². The Morgan fingerprint density at radius 3 is 2.27 bits per heavy atom. The first-order chi connectivity index (χ1) is 12.3. The average molecular weight is 384 g/mol. The summed E-state index contributed by atoms with van der Waals surface area (Å²) in [7, 11) is -2.32. The summed E-state index contributed by atoms with van der Waals surface area (Å²) in [4.78, 5) is 11.9. The zero-order valence-electron chi connectivity index (χ0n) is 14.0. The Bertz CT molecular complexity index is 851. The molecule has 1 amide bonds. The van der Waals surface area contributed by atoms with E-state index >= 15 is 0 Å². The molecule has 2 N–H and O–H groups in total. The van der Waals surface area contributed by atoms with Crippen LogP contribution < -0.4 is 14.8 Å². The fourth-order valence-corrected chi connectivity index (χ4v) is 2.98. The van der Waals surface area contributed by atoms with E-state index in [2.05, 4.69) is 10.0 Å². The van der Waals surface area contributed by atoms with Gasteiger partial charge in [-0.2, -0.15) is 0 Å². The molecule has 0 aromatic heterocycles. The van der Waals surface area contributed by atoms with Crippen molar-refractivity contribution in [2.75, 3.05) is 19.4 Å². The second-order valence-corrected chi connectivity index (χ2v) is 7.25. The Hall–Kier alpha value is -2.52. The zero-order valence-corrected chi connectivity index (χ0v) is 14.8. The van der Waals surface area contributed by atoms with E-state index in [4.69, 9.17) is 4.74 Å². The number of benzene rings is 2. The number of amides is 1. The van der Waals surface area contributed by atoms with Crippen LogP contribution in [0, 0.1) is 11.6 Å². The molecule has 140 valence electrons. The van der Waals surface area contributed by atoms with Gasteiger partial charge in [0.2, 0.25) is 10.0 Å². The topological polar surface area (TPSA) is 84.5 Å². The summed E-state index contributed by atoms with van der Waals surface area (Å²) < 4.78 is 57.9. The van der Waals surface area contributed by atoms with Gasteiger partial charge in [-0.3, -0.25) is 4.79 Å². The molecule has 0 saturated carbocycles. The first-order valence-corrected chi connectivity index (χ1v) is 9.30. The molecule has 9 heteroatoms. The molecule has 2 aromatic carbocycles. The number of rotatable bonds is 8. The largest absolute Gasteiger partial charge is 0.497 e. The molecule has 0 spiro atoms. The van der Waals surface area contributed by atoms with Crippen molar-refractivity contribution < 1.29 is 26.7 Å². The van der Waals surface area contributed by atoms with Gasteiger partial charge in [-0.25, -0.2) is 21.9 Å². The number of halogens is 2. The summed E-state index contributed by atoms with van der Waals surface area (Å²) in [5, 5.41) is 2.47. The van der Waals surface area contributed by atoms with Crippen LogP contribution in [0.5, 0.6) is 5.75 Å². The Kier molecular flexibility index (Phi) is 6.64. The Labute approximate surface area is 150 Å². The molecule has 0 heterocycles. The van der Waals surface area contributed by atoms with Gasteiger partial charge in [0.05, 0.1) is 12.9 Å². The summed E-state index contributed by atoms with van der Waals surface area (Å²) in [5.41, 5.74) is -0.0112.